The number of rotatable bonds is 5. The summed E-state index contributed by atoms with van der Waals surface area (Å²) in [5.74, 6) is 0.0877. The Hall–Kier alpha value is -3.13. The van der Waals surface area contributed by atoms with Gasteiger partial charge in [0.05, 0.1) is 11.4 Å². The maximum absolute atomic E-state index is 12.7. The Balaban J connectivity index is 1.65. The maximum atomic E-state index is 12.7. The number of hydrogen-bond donors (Lipinski definition) is 1. The fraction of sp³-hybridized carbons (Fsp3) is 0.111. The monoisotopic (exact) mass is 368 g/mol. The number of anilines is 1. The van der Waals surface area contributed by atoms with Crippen LogP contribution >= 0.6 is 0 Å². The molecule has 0 spiro atoms. The molecule has 8 heteroatoms. The molecule has 1 N–H and O–H groups in total. The van der Waals surface area contributed by atoms with Gasteiger partial charge in [0.2, 0.25) is 10.0 Å². The molecule has 26 heavy (non-hydrogen) atoms. The Morgan fingerprint density at radius 1 is 1.08 bits per heavy atom. The van der Waals surface area contributed by atoms with Crippen LogP contribution in [-0.4, -0.2) is 23.4 Å². The number of para-hydroxylation sites is 2. The highest BCUT2D eigenvalue weighted by Crippen LogP contribution is 2.22. The molecule has 0 amide bonds. The van der Waals surface area contributed by atoms with Crippen LogP contribution in [0.3, 0.4) is 0 Å². The summed E-state index contributed by atoms with van der Waals surface area (Å²) in [6.07, 6.45) is 0. The molecule has 2 aromatic carbocycles. The van der Waals surface area contributed by atoms with E-state index in [9.17, 15) is 8.42 Å². The van der Waals surface area contributed by atoms with E-state index in [1.807, 2.05) is 49.4 Å². The van der Waals surface area contributed by atoms with Gasteiger partial charge in [-0.3, -0.25) is 4.72 Å². The molecule has 0 saturated carbocycles. The molecule has 0 fully saturated rings. The van der Waals surface area contributed by atoms with Crippen molar-refractivity contribution in [2.24, 2.45) is 0 Å². The van der Waals surface area contributed by atoms with Crippen molar-refractivity contribution in [1.29, 1.82) is 0 Å². The first-order chi connectivity index (χ1) is 12.5. The van der Waals surface area contributed by atoms with Gasteiger partial charge < -0.3 is 4.52 Å². The Kier molecular flexibility index (Phi) is 3.96. The molecule has 0 aliphatic rings. The molecule has 2 heterocycles. The van der Waals surface area contributed by atoms with Crippen LogP contribution in [0.15, 0.2) is 65.2 Å². The summed E-state index contributed by atoms with van der Waals surface area (Å²) < 4.78 is 34.7. The second kappa shape index (κ2) is 6.30. The highest BCUT2D eigenvalue weighted by atomic mass is 32.2. The van der Waals surface area contributed by atoms with Crippen LogP contribution in [0.4, 0.5) is 5.82 Å². The molecule has 0 aliphatic carbocycles. The van der Waals surface area contributed by atoms with Crippen molar-refractivity contribution in [2.75, 3.05) is 4.72 Å². The van der Waals surface area contributed by atoms with Crippen molar-refractivity contribution >= 4 is 26.8 Å². The van der Waals surface area contributed by atoms with Crippen LogP contribution in [-0.2, 0) is 15.8 Å². The van der Waals surface area contributed by atoms with Crippen molar-refractivity contribution < 1.29 is 12.9 Å². The topological polar surface area (TPSA) is 90.0 Å². The third-order valence-corrected chi connectivity index (χ3v) is 5.04. The van der Waals surface area contributed by atoms with Crippen molar-refractivity contribution in [1.82, 2.24) is 14.9 Å². The Bertz CT molecular complexity index is 1160. The van der Waals surface area contributed by atoms with Crippen LogP contribution in [0.1, 0.15) is 11.4 Å². The average molecular weight is 368 g/mol. The molecule has 4 rings (SSSR count). The second-order valence-electron chi connectivity index (χ2n) is 5.90. The number of aryl methyl sites for hydroxylation is 1. The summed E-state index contributed by atoms with van der Waals surface area (Å²) in [6, 6.07) is 18.2. The van der Waals surface area contributed by atoms with Gasteiger partial charge in [-0.25, -0.2) is 13.1 Å². The fourth-order valence-corrected chi connectivity index (χ4v) is 3.86. The van der Waals surface area contributed by atoms with Crippen LogP contribution in [0.25, 0.3) is 16.7 Å². The third kappa shape index (κ3) is 3.18. The van der Waals surface area contributed by atoms with Gasteiger partial charge in [0.25, 0.3) is 0 Å². The Morgan fingerprint density at radius 3 is 2.62 bits per heavy atom. The summed E-state index contributed by atoms with van der Waals surface area (Å²) in [7, 11) is -3.70. The molecular weight excluding hydrogens is 352 g/mol. The van der Waals surface area contributed by atoms with Gasteiger partial charge in [0, 0.05) is 11.5 Å². The predicted octanol–water partition coefficient (Wildman–Crippen LogP) is 3.26. The number of sulfonamides is 1. The Morgan fingerprint density at radius 2 is 1.81 bits per heavy atom. The van der Waals surface area contributed by atoms with Gasteiger partial charge in [-0.15, -0.1) is 0 Å². The zero-order valence-corrected chi connectivity index (χ0v) is 14.8. The lowest BCUT2D eigenvalue weighted by Gasteiger charge is -2.09. The van der Waals surface area contributed by atoms with E-state index in [2.05, 4.69) is 15.0 Å². The van der Waals surface area contributed by atoms with Gasteiger partial charge in [-0.1, -0.05) is 35.5 Å². The third-order valence-electron chi connectivity index (χ3n) is 3.87. The molecule has 4 aromatic rings. The van der Waals surface area contributed by atoms with Crippen molar-refractivity contribution in [3.8, 4) is 5.69 Å². The van der Waals surface area contributed by atoms with E-state index in [4.69, 9.17) is 4.52 Å². The SMILES string of the molecule is Cc1cc(NS(=O)(=O)Cc2noc3ccccc23)n(-c2ccccc2)n1. The van der Waals surface area contributed by atoms with Gasteiger partial charge in [-0.05, 0) is 31.2 Å². The van der Waals surface area contributed by atoms with Crippen LogP contribution in [0.2, 0.25) is 0 Å². The lowest BCUT2D eigenvalue weighted by Crippen LogP contribution is -2.18. The maximum Gasteiger partial charge on any atom is 0.239 e. The number of aromatic nitrogens is 3. The summed E-state index contributed by atoms with van der Waals surface area (Å²) in [5.41, 5.74) is 2.40. The normalized spacial score (nSPS) is 11.7. The number of benzene rings is 2. The predicted molar refractivity (Wildman–Crippen MR) is 98.6 cm³/mol. The number of fused-ring (bicyclic) bond motifs is 1. The fourth-order valence-electron chi connectivity index (χ4n) is 2.76. The van der Waals surface area contributed by atoms with Gasteiger partial charge >= 0.3 is 0 Å². The van der Waals surface area contributed by atoms with Gasteiger partial charge in [0.15, 0.2) is 5.58 Å². The van der Waals surface area contributed by atoms with Crippen LogP contribution < -0.4 is 4.72 Å². The largest absolute Gasteiger partial charge is 0.356 e. The summed E-state index contributed by atoms with van der Waals surface area (Å²) in [5, 5.41) is 8.94. The minimum atomic E-state index is -3.70. The average Bonchev–Trinajstić information content (AvgIpc) is 3.18. The van der Waals surface area contributed by atoms with Crippen LogP contribution in [0, 0.1) is 6.92 Å². The molecule has 0 saturated heterocycles. The molecule has 2 aromatic heterocycles. The molecular formula is C18H16N4O3S. The van der Waals surface area contributed by atoms with E-state index in [0.717, 1.165) is 5.69 Å². The van der Waals surface area contributed by atoms with Gasteiger partial charge in [0.1, 0.15) is 17.3 Å². The summed E-state index contributed by atoms with van der Waals surface area (Å²) in [4.78, 5) is 0. The lowest BCUT2D eigenvalue weighted by molar-refractivity contribution is 0.448. The summed E-state index contributed by atoms with van der Waals surface area (Å²) in [6.45, 7) is 1.81. The molecule has 0 atom stereocenters. The molecule has 132 valence electrons. The highest BCUT2D eigenvalue weighted by Gasteiger charge is 2.20. The first kappa shape index (κ1) is 16.3. The highest BCUT2D eigenvalue weighted by molar-refractivity contribution is 7.91. The first-order valence-electron chi connectivity index (χ1n) is 7.98. The van der Waals surface area contributed by atoms with Crippen molar-refractivity contribution in [3.63, 3.8) is 0 Å². The van der Waals surface area contributed by atoms with E-state index in [-0.39, 0.29) is 5.75 Å². The quantitative estimate of drug-likeness (QED) is 0.584. The second-order valence-corrected chi connectivity index (χ2v) is 7.63. The van der Waals surface area contributed by atoms with E-state index in [1.165, 1.54) is 0 Å². The molecule has 0 unspecified atom stereocenters. The van der Waals surface area contributed by atoms with Crippen LogP contribution in [0.5, 0.6) is 0 Å². The zero-order chi connectivity index (χ0) is 18.1. The van der Waals surface area contributed by atoms with E-state index in [1.54, 1.807) is 22.9 Å². The van der Waals surface area contributed by atoms with E-state index < -0.39 is 10.0 Å². The molecule has 7 nitrogen and oxygen atoms in total. The van der Waals surface area contributed by atoms with Crippen molar-refractivity contribution in [3.05, 3.63) is 72.1 Å². The molecule has 0 radical (unpaired) electrons. The van der Waals surface area contributed by atoms with Gasteiger partial charge in [-0.2, -0.15) is 5.10 Å². The first-order valence-corrected chi connectivity index (χ1v) is 9.63. The minimum Gasteiger partial charge on any atom is -0.356 e. The summed E-state index contributed by atoms with van der Waals surface area (Å²) >= 11 is 0. The number of nitrogens with zero attached hydrogens (tertiary/aromatic N) is 3. The number of nitrogens with one attached hydrogen (secondary N) is 1. The minimum absolute atomic E-state index is 0.289. The van der Waals surface area contributed by atoms with E-state index in [0.29, 0.717) is 28.2 Å². The van der Waals surface area contributed by atoms with Crippen molar-refractivity contribution in [2.45, 2.75) is 12.7 Å². The number of hydrogen-bond acceptors (Lipinski definition) is 5. The van der Waals surface area contributed by atoms with E-state index >= 15 is 0 Å². The lowest BCUT2D eigenvalue weighted by atomic mass is 10.2. The smallest absolute Gasteiger partial charge is 0.239 e. The Labute approximate surface area is 150 Å². The molecule has 0 aliphatic heterocycles. The zero-order valence-electron chi connectivity index (χ0n) is 14.0. The standard InChI is InChI=1S/C18H16N4O3S/c1-13-11-18(22(19-13)14-7-3-2-4-8-14)21-26(23,24)12-16-15-9-5-6-10-17(15)25-20-16/h2-11,21H,12H2,1H3. The molecule has 0 bridgehead atoms.